The lowest BCUT2D eigenvalue weighted by Crippen LogP contribution is -2.49. The molecule has 10 heteroatoms. The van der Waals surface area contributed by atoms with E-state index in [0.717, 1.165) is 0 Å². The summed E-state index contributed by atoms with van der Waals surface area (Å²) in [6, 6.07) is 6.77. The average Bonchev–Trinajstić information content (AvgIpc) is 2.67. The largest absolute Gasteiger partial charge is 0.336 e. The number of hydrogen-bond acceptors (Lipinski definition) is 4. The van der Waals surface area contributed by atoms with Crippen LogP contribution in [-0.2, 0) is 10.9 Å². The van der Waals surface area contributed by atoms with E-state index in [9.17, 15) is 26.4 Å². The van der Waals surface area contributed by atoms with Gasteiger partial charge >= 0.3 is 0 Å². The molecule has 1 fully saturated rings. The molecule has 0 saturated carbocycles. The molecule has 29 heavy (non-hydrogen) atoms. The molecule has 1 aliphatic heterocycles. The molecule has 1 atom stereocenters. The highest BCUT2D eigenvalue weighted by atomic mass is 32.2. The number of rotatable bonds is 5. The second kappa shape index (κ2) is 8.83. The predicted octanol–water partition coefficient (Wildman–Crippen LogP) is 2.56. The molecule has 2 aromatic rings. The van der Waals surface area contributed by atoms with Gasteiger partial charge in [0, 0.05) is 61.2 Å². The van der Waals surface area contributed by atoms with E-state index in [1.54, 1.807) is 11.8 Å². The number of nitrogens with one attached hydrogen (secondary N) is 1. The van der Waals surface area contributed by atoms with E-state index in [0.29, 0.717) is 49.6 Å². The molecular weight excluding hydrogens is 407 g/mol. The van der Waals surface area contributed by atoms with E-state index in [1.807, 2.05) is 4.90 Å². The Morgan fingerprint density at radius 3 is 2.07 bits per heavy atom. The molecule has 1 unspecified atom stereocenters. The summed E-state index contributed by atoms with van der Waals surface area (Å²) in [5, 5.41) is 0. The standard InChI is InChI=1S/C19H20F3N3O3S/c1-12(18-16(21)10-14(20)11-17(18)22)24-6-8-25(9-7-24)19(26)13-2-4-15(5-3-13)23-29(27)28/h2-5,10-12,29H,6-9H2,1H3,(H,23,27,28). The summed E-state index contributed by atoms with van der Waals surface area (Å²) in [4.78, 5) is 16.1. The van der Waals surface area contributed by atoms with Gasteiger partial charge in [0.25, 0.3) is 5.91 Å². The van der Waals surface area contributed by atoms with Crippen molar-refractivity contribution in [3.63, 3.8) is 0 Å². The molecule has 0 aliphatic carbocycles. The van der Waals surface area contributed by atoms with Crippen molar-refractivity contribution in [3.8, 4) is 0 Å². The number of piperazine rings is 1. The van der Waals surface area contributed by atoms with Gasteiger partial charge in [-0.05, 0) is 31.2 Å². The summed E-state index contributed by atoms with van der Waals surface area (Å²) in [5.74, 6) is -3.03. The van der Waals surface area contributed by atoms with Crippen LogP contribution in [0, 0.1) is 17.5 Å². The average molecular weight is 427 g/mol. The Labute approximate surface area is 168 Å². The minimum absolute atomic E-state index is 0.189. The number of halogens is 3. The number of carbonyl (C=O) groups excluding carboxylic acids is 1. The van der Waals surface area contributed by atoms with Crippen LogP contribution in [0.3, 0.4) is 0 Å². The van der Waals surface area contributed by atoms with Gasteiger partial charge in [-0.25, -0.2) is 21.6 Å². The van der Waals surface area contributed by atoms with Crippen molar-refractivity contribution in [2.24, 2.45) is 0 Å². The monoisotopic (exact) mass is 427 g/mol. The van der Waals surface area contributed by atoms with Crippen LogP contribution in [0.15, 0.2) is 36.4 Å². The fourth-order valence-electron chi connectivity index (χ4n) is 3.42. The lowest BCUT2D eigenvalue weighted by Gasteiger charge is -2.38. The number of amides is 1. The van der Waals surface area contributed by atoms with E-state index in [2.05, 4.69) is 4.72 Å². The van der Waals surface area contributed by atoms with Gasteiger partial charge in [-0.3, -0.25) is 14.4 Å². The number of carbonyl (C=O) groups is 1. The fourth-order valence-corrected chi connectivity index (χ4v) is 3.78. The zero-order valence-corrected chi connectivity index (χ0v) is 16.5. The summed E-state index contributed by atoms with van der Waals surface area (Å²) in [7, 11) is -2.78. The zero-order valence-electron chi connectivity index (χ0n) is 15.6. The second-order valence-corrected chi connectivity index (χ2v) is 7.47. The van der Waals surface area contributed by atoms with Crippen LogP contribution < -0.4 is 4.72 Å². The molecular formula is C19H20F3N3O3S. The third kappa shape index (κ3) is 4.88. The third-order valence-corrected chi connectivity index (χ3v) is 5.40. The van der Waals surface area contributed by atoms with Crippen molar-refractivity contribution >= 4 is 22.5 Å². The first-order valence-electron chi connectivity index (χ1n) is 8.95. The number of benzene rings is 2. The van der Waals surface area contributed by atoms with Crippen LogP contribution in [0.2, 0.25) is 0 Å². The number of hydrogen-bond donors (Lipinski definition) is 2. The maximum absolute atomic E-state index is 14.0. The lowest BCUT2D eigenvalue weighted by molar-refractivity contribution is 0.0575. The van der Waals surface area contributed by atoms with E-state index in [4.69, 9.17) is 0 Å². The molecule has 3 rings (SSSR count). The summed E-state index contributed by atoms with van der Waals surface area (Å²) in [6.07, 6.45) is 0. The van der Waals surface area contributed by atoms with E-state index >= 15 is 0 Å². The first-order chi connectivity index (χ1) is 13.8. The molecule has 1 aliphatic rings. The minimum Gasteiger partial charge on any atom is -0.336 e. The Bertz CT molecular complexity index is 943. The highest BCUT2D eigenvalue weighted by molar-refractivity contribution is 7.73. The summed E-state index contributed by atoms with van der Waals surface area (Å²) >= 11 is 0. The van der Waals surface area contributed by atoms with E-state index < -0.39 is 34.4 Å². The molecule has 1 saturated heterocycles. The van der Waals surface area contributed by atoms with Crippen molar-refractivity contribution < 1.29 is 26.4 Å². The lowest BCUT2D eigenvalue weighted by atomic mass is 10.0. The first kappa shape index (κ1) is 21.1. The maximum Gasteiger partial charge on any atom is 0.253 e. The Hall–Kier alpha value is -2.59. The quantitative estimate of drug-likeness (QED) is 0.720. The van der Waals surface area contributed by atoms with Crippen molar-refractivity contribution in [2.45, 2.75) is 13.0 Å². The van der Waals surface area contributed by atoms with Crippen molar-refractivity contribution in [3.05, 3.63) is 65.0 Å². The van der Waals surface area contributed by atoms with Gasteiger partial charge in [0.2, 0.25) is 10.9 Å². The van der Waals surface area contributed by atoms with Crippen LogP contribution in [-0.4, -0.2) is 50.3 Å². The molecule has 1 heterocycles. The normalized spacial score (nSPS) is 16.1. The second-order valence-electron chi connectivity index (χ2n) is 6.73. The van der Waals surface area contributed by atoms with Gasteiger partial charge in [-0.2, -0.15) is 0 Å². The van der Waals surface area contributed by atoms with Gasteiger partial charge < -0.3 is 4.90 Å². The van der Waals surface area contributed by atoms with Crippen molar-refractivity contribution in [1.29, 1.82) is 0 Å². The van der Waals surface area contributed by atoms with Crippen LogP contribution in [0.1, 0.15) is 28.9 Å². The van der Waals surface area contributed by atoms with Crippen molar-refractivity contribution in [2.75, 3.05) is 30.9 Å². The van der Waals surface area contributed by atoms with Crippen molar-refractivity contribution in [1.82, 2.24) is 9.80 Å². The summed E-state index contributed by atoms with van der Waals surface area (Å²) < 4.78 is 64.8. The highest BCUT2D eigenvalue weighted by Gasteiger charge is 2.28. The van der Waals surface area contributed by atoms with Gasteiger partial charge in [-0.15, -0.1) is 0 Å². The fraction of sp³-hybridized carbons (Fsp3) is 0.316. The van der Waals surface area contributed by atoms with Gasteiger partial charge in [-0.1, -0.05) is 0 Å². The first-order valence-corrected chi connectivity index (χ1v) is 10.1. The minimum atomic E-state index is -2.78. The van der Waals surface area contributed by atoms with Crippen LogP contribution in [0.25, 0.3) is 0 Å². The molecule has 6 nitrogen and oxygen atoms in total. The highest BCUT2D eigenvalue weighted by Crippen LogP contribution is 2.27. The van der Waals surface area contributed by atoms with E-state index in [-0.39, 0.29) is 11.5 Å². The Morgan fingerprint density at radius 1 is 1.00 bits per heavy atom. The molecule has 0 radical (unpaired) electrons. The number of thiol groups is 1. The smallest absolute Gasteiger partial charge is 0.253 e. The topological polar surface area (TPSA) is 69.7 Å². The number of anilines is 1. The molecule has 1 amide bonds. The third-order valence-electron chi connectivity index (χ3n) is 4.96. The Kier molecular flexibility index (Phi) is 6.43. The van der Waals surface area contributed by atoms with Gasteiger partial charge in [0.15, 0.2) is 0 Å². The summed E-state index contributed by atoms with van der Waals surface area (Å²) in [5.41, 5.74) is 0.583. The molecule has 0 aromatic heterocycles. The Morgan fingerprint density at radius 2 is 1.55 bits per heavy atom. The maximum atomic E-state index is 14.0. The van der Waals surface area contributed by atoms with E-state index in [1.165, 1.54) is 24.3 Å². The molecule has 1 N–H and O–H groups in total. The molecule has 156 valence electrons. The van der Waals surface area contributed by atoms with Crippen LogP contribution >= 0.6 is 0 Å². The predicted molar refractivity (Wildman–Crippen MR) is 103 cm³/mol. The van der Waals surface area contributed by atoms with Gasteiger partial charge in [0.05, 0.1) is 0 Å². The number of nitrogens with zero attached hydrogens (tertiary/aromatic N) is 2. The van der Waals surface area contributed by atoms with Gasteiger partial charge in [0.1, 0.15) is 17.5 Å². The Balaban J connectivity index is 1.63. The summed E-state index contributed by atoms with van der Waals surface area (Å²) in [6.45, 7) is 3.17. The van der Waals surface area contributed by atoms with Crippen LogP contribution in [0.4, 0.5) is 18.9 Å². The molecule has 2 aromatic carbocycles. The molecule has 0 bridgehead atoms. The zero-order chi connectivity index (χ0) is 21.1. The SMILES string of the molecule is CC(c1c(F)cc(F)cc1F)N1CCN(C(=O)c2ccc(N[SH](=O)=O)cc2)CC1. The molecule has 0 spiro atoms. The van der Waals surface area contributed by atoms with Crippen LogP contribution in [0.5, 0.6) is 0 Å².